The molecule has 1 aliphatic heterocycles. The summed E-state index contributed by atoms with van der Waals surface area (Å²) in [7, 11) is 0. The second-order valence-electron chi connectivity index (χ2n) is 5.44. The van der Waals surface area contributed by atoms with Crippen molar-refractivity contribution < 1.29 is 4.74 Å². The molecule has 0 radical (unpaired) electrons. The van der Waals surface area contributed by atoms with Gasteiger partial charge in [-0.3, -0.25) is 4.79 Å². The van der Waals surface area contributed by atoms with Crippen molar-refractivity contribution in [2.24, 2.45) is 0 Å². The Labute approximate surface area is 113 Å². The first-order chi connectivity index (χ1) is 8.97. The molecule has 1 aromatic rings. The number of nitrogens with zero attached hydrogens (tertiary/aromatic N) is 1. The minimum absolute atomic E-state index is 0.00662. The van der Waals surface area contributed by atoms with E-state index in [2.05, 4.69) is 22.2 Å². The van der Waals surface area contributed by atoms with Crippen molar-refractivity contribution in [3.8, 4) is 0 Å². The average molecular weight is 265 g/mol. The van der Waals surface area contributed by atoms with Crippen molar-refractivity contribution in [2.45, 2.75) is 58.7 Å². The molecule has 2 heterocycles. The van der Waals surface area contributed by atoms with Crippen LogP contribution in [0.1, 0.15) is 49.8 Å². The summed E-state index contributed by atoms with van der Waals surface area (Å²) in [5.74, 6) is 0.665. The Morgan fingerprint density at radius 3 is 2.84 bits per heavy atom. The van der Waals surface area contributed by atoms with Crippen LogP contribution in [0, 0.1) is 13.8 Å². The third-order valence-electron chi connectivity index (χ3n) is 3.67. The highest BCUT2D eigenvalue weighted by Gasteiger charge is 2.23. The minimum atomic E-state index is -0.0369. The number of aromatic amines is 1. The smallest absolute Gasteiger partial charge is 0.255 e. The van der Waals surface area contributed by atoms with Crippen molar-refractivity contribution in [2.75, 3.05) is 6.61 Å². The number of nitrogens with one attached hydrogen (secondary N) is 2. The van der Waals surface area contributed by atoms with E-state index in [4.69, 9.17) is 4.74 Å². The summed E-state index contributed by atoms with van der Waals surface area (Å²) in [6, 6.07) is 0.408. The molecular formula is C14H23N3O2. The van der Waals surface area contributed by atoms with E-state index < -0.39 is 0 Å². The second-order valence-corrected chi connectivity index (χ2v) is 5.44. The van der Waals surface area contributed by atoms with Crippen molar-refractivity contribution in [1.82, 2.24) is 15.3 Å². The first kappa shape index (κ1) is 14.2. The summed E-state index contributed by atoms with van der Waals surface area (Å²) in [5, 5.41) is 3.53. The van der Waals surface area contributed by atoms with E-state index >= 15 is 0 Å². The molecule has 1 aliphatic rings. The SMILES string of the molecule is Cc1nc(C)c(C(C)NC2CCOC(C)C2)c(=O)[nH]1. The van der Waals surface area contributed by atoms with Gasteiger partial charge in [-0.05, 0) is 40.5 Å². The monoisotopic (exact) mass is 265 g/mol. The van der Waals surface area contributed by atoms with Crippen LogP contribution in [0.4, 0.5) is 0 Å². The van der Waals surface area contributed by atoms with E-state index in [1.807, 2.05) is 13.8 Å². The predicted octanol–water partition coefficient (Wildman–Crippen LogP) is 1.60. The van der Waals surface area contributed by atoms with Crippen molar-refractivity contribution >= 4 is 0 Å². The summed E-state index contributed by atoms with van der Waals surface area (Å²) in [5.41, 5.74) is 1.51. The lowest BCUT2D eigenvalue weighted by Crippen LogP contribution is -2.40. The second kappa shape index (κ2) is 5.84. The van der Waals surface area contributed by atoms with Gasteiger partial charge in [0.05, 0.1) is 11.7 Å². The number of H-pyrrole nitrogens is 1. The van der Waals surface area contributed by atoms with Gasteiger partial charge in [0.2, 0.25) is 0 Å². The van der Waals surface area contributed by atoms with Gasteiger partial charge in [0.1, 0.15) is 5.82 Å². The van der Waals surface area contributed by atoms with Crippen LogP contribution in [-0.2, 0) is 4.74 Å². The van der Waals surface area contributed by atoms with Crippen LogP contribution >= 0.6 is 0 Å². The fourth-order valence-electron chi connectivity index (χ4n) is 2.83. The van der Waals surface area contributed by atoms with E-state index in [0.717, 1.165) is 30.7 Å². The maximum absolute atomic E-state index is 12.0. The van der Waals surface area contributed by atoms with Gasteiger partial charge in [0, 0.05) is 24.4 Å². The van der Waals surface area contributed by atoms with Gasteiger partial charge in [-0.25, -0.2) is 4.98 Å². The third-order valence-corrected chi connectivity index (χ3v) is 3.67. The zero-order chi connectivity index (χ0) is 14.0. The summed E-state index contributed by atoms with van der Waals surface area (Å²) >= 11 is 0. The minimum Gasteiger partial charge on any atom is -0.378 e. The van der Waals surface area contributed by atoms with Crippen LogP contribution in [0.2, 0.25) is 0 Å². The van der Waals surface area contributed by atoms with Gasteiger partial charge in [-0.15, -0.1) is 0 Å². The number of hydrogen-bond acceptors (Lipinski definition) is 4. The van der Waals surface area contributed by atoms with Gasteiger partial charge < -0.3 is 15.0 Å². The Bertz CT molecular complexity index is 498. The molecule has 1 aromatic heterocycles. The molecule has 1 fully saturated rings. The zero-order valence-corrected chi connectivity index (χ0v) is 12.1. The molecule has 0 saturated carbocycles. The number of hydrogen-bond donors (Lipinski definition) is 2. The molecule has 3 unspecified atom stereocenters. The lowest BCUT2D eigenvalue weighted by Gasteiger charge is -2.30. The third kappa shape index (κ3) is 3.42. The highest BCUT2D eigenvalue weighted by Crippen LogP contribution is 2.18. The first-order valence-electron chi connectivity index (χ1n) is 6.92. The van der Waals surface area contributed by atoms with Gasteiger partial charge in [0.25, 0.3) is 5.56 Å². The number of aromatic nitrogens is 2. The Morgan fingerprint density at radius 2 is 2.21 bits per heavy atom. The highest BCUT2D eigenvalue weighted by molar-refractivity contribution is 5.20. The normalized spacial score (nSPS) is 25.3. The number of rotatable bonds is 3. The molecule has 0 spiro atoms. The molecule has 5 nitrogen and oxygen atoms in total. The molecule has 1 saturated heterocycles. The fraction of sp³-hybridized carbons (Fsp3) is 0.714. The molecule has 19 heavy (non-hydrogen) atoms. The zero-order valence-electron chi connectivity index (χ0n) is 12.1. The Kier molecular flexibility index (Phi) is 4.37. The fourth-order valence-corrected chi connectivity index (χ4v) is 2.83. The van der Waals surface area contributed by atoms with Crippen LogP contribution in [0.15, 0.2) is 4.79 Å². The maximum atomic E-state index is 12.0. The summed E-state index contributed by atoms with van der Waals surface area (Å²) in [6.45, 7) is 8.59. The van der Waals surface area contributed by atoms with Crippen LogP contribution < -0.4 is 10.9 Å². The van der Waals surface area contributed by atoms with E-state index in [0.29, 0.717) is 11.9 Å². The van der Waals surface area contributed by atoms with Crippen LogP contribution in [0.3, 0.4) is 0 Å². The molecule has 106 valence electrons. The van der Waals surface area contributed by atoms with E-state index in [1.54, 1.807) is 6.92 Å². The van der Waals surface area contributed by atoms with Crippen molar-refractivity contribution in [1.29, 1.82) is 0 Å². The Hall–Kier alpha value is -1.20. The lowest BCUT2D eigenvalue weighted by molar-refractivity contribution is 0.0115. The van der Waals surface area contributed by atoms with E-state index in [-0.39, 0.29) is 17.7 Å². The molecule has 0 amide bonds. The predicted molar refractivity (Wildman–Crippen MR) is 74.3 cm³/mol. The first-order valence-corrected chi connectivity index (χ1v) is 6.92. The molecule has 5 heteroatoms. The summed E-state index contributed by atoms with van der Waals surface area (Å²) < 4.78 is 5.54. The topological polar surface area (TPSA) is 67.0 Å². The van der Waals surface area contributed by atoms with Gasteiger partial charge in [-0.1, -0.05) is 0 Å². The molecule has 2 rings (SSSR count). The quantitative estimate of drug-likeness (QED) is 0.871. The molecule has 0 bridgehead atoms. The average Bonchev–Trinajstić information content (AvgIpc) is 2.27. The standard InChI is InChI=1S/C14H23N3O2/c1-8-7-12(5-6-19-8)16-10(3)13-9(2)15-11(4)17-14(13)18/h8,10,12,16H,5-7H2,1-4H3,(H,15,17,18). The molecule has 0 aromatic carbocycles. The molecule has 0 aliphatic carbocycles. The Morgan fingerprint density at radius 1 is 1.47 bits per heavy atom. The maximum Gasteiger partial charge on any atom is 0.255 e. The van der Waals surface area contributed by atoms with Gasteiger partial charge in [-0.2, -0.15) is 0 Å². The van der Waals surface area contributed by atoms with E-state index in [1.165, 1.54) is 0 Å². The van der Waals surface area contributed by atoms with Crippen LogP contribution in [-0.4, -0.2) is 28.7 Å². The van der Waals surface area contributed by atoms with Crippen LogP contribution in [0.5, 0.6) is 0 Å². The largest absolute Gasteiger partial charge is 0.378 e. The van der Waals surface area contributed by atoms with Gasteiger partial charge in [0.15, 0.2) is 0 Å². The van der Waals surface area contributed by atoms with Crippen molar-refractivity contribution in [3.05, 3.63) is 27.4 Å². The van der Waals surface area contributed by atoms with Gasteiger partial charge >= 0.3 is 0 Å². The number of ether oxygens (including phenoxy) is 1. The molecule has 2 N–H and O–H groups in total. The van der Waals surface area contributed by atoms with Crippen molar-refractivity contribution in [3.63, 3.8) is 0 Å². The molecular weight excluding hydrogens is 242 g/mol. The Balaban J connectivity index is 2.11. The summed E-state index contributed by atoms with van der Waals surface area (Å²) in [4.78, 5) is 19.2. The summed E-state index contributed by atoms with van der Waals surface area (Å²) in [6.07, 6.45) is 2.26. The van der Waals surface area contributed by atoms with Crippen LogP contribution in [0.25, 0.3) is 0 Å². The number of aryl methyl sites for hydroxylation is 2. The van der Waals surface area contributed by atoms with E-state index in [9.17, 15) is 4.79 Å². The highest BCUT2D eigenvalue weighted by atomic mass is 16.5. The lowest BCUT2D eigenvalue weighted by atomic mass is 10.0. The molecule has 3 atom stereocenters.